The SMILES string of the molecule is C=C(C)[C@@H]1CC[C@]2(C(=O)O)CC[C@]3(C)[C@H](CC[C@@H]4[C@@]5(C)CC=C(c6cnc7ccccc7c6C(=O)O)C(C)(C)[C@@H]5CC[C@]43C)[C@@H]12. The molecule has 0 aliphatic heterocycles. The maximum absolute atomic E-state index is 13.0. The first-order valence-electron chi connectivity index (χ1n) is 17.3. The van der Waals surface area contributed by atoms with Gasteiger partial charge in [-0.3, -0.25) is 9.78 Å². The third-order valence-electron chi connectivity index (χ3n) is 15.3. The number of para-hydroxylation sites is 1. The van der Waals surface area contributed by atoms with Gasteiger partial charge in [0.15, 0.2) is 0 Å². The molecule has 2 aromatic rings. The minimum absolute atomic E-state index is 0.0758. The van der Waals surface area contributed by atoms with E-state index in [2.05, 4.69) is 54.2 Å². The number of hydrogen-bond donors (Lipinski definition) is 2. The van der Waals surface area contributed by atoms with Crippen molar-refractivity contribution in [3.8, 4) is 0 Å². The lowest BCUT2D eigenvalue weighted by Gasteiger charge is -2.72. The number of pyridine rings is 1. The summed E-state index contributed by atoms with van der Waals surface area (Å²) < 4.78 is 0. The van der Waals surface area contributed by atoms with E-state index in [4.69, 9.17) is 4.98 Å². The van der Waals surface area contributed by atoms with Gasteiger partial charge in [-0.2, -0.15) is 0 Å². The second-order valence-electron chi connectivity index (χ2n) is 17.1. The average Bonchev–Trinajstić information content (AvgIpc) is 3.38. The molecule has 4 saturated carbocycles. The van der Waals surface area contributed by atoms with Gasteiger partial charge in [0, 0.05) is 17.1 Å². The lowest BCUT2D eigenvalue weighted by molar-refractivity contribution is -0.227. The van der Waals surface area contributed by atoms with Crippen molar-refractivity contribution < 1.29 is 19.8 Å². The quantitative estimate of drug-likeness (QED) is 0.337. The van der Waals surface area contributed by atoms with E-state index in [1.54, 1.807) is 6.20 Å². The monoisotopic (exact) mass is 609 g/mol. The predicted octanol–water partition coefficient (Wildman–Crippen LogP) is 9.67. The average molecular weight is 610 g/mol. The molecular formula is C40H51NO4. The van der Waals surface area contributed by atoms with Crippen LogP contribution in [0.25, 0.3) is 16.5 Å². The van der Waals surface area contributed by atoms with Gasteiger partial charge in [0.1, 0.15) is 0 Å². The van der Waals surface area contributed by atoms with Crippen molar-refractivity contribution >= 4 is 28.4 Å². The van der Waals surface area contributed by atoms with Gasteiger partial charge in [-0.15, -0.1) is 0 Å². The largest absolute Gasteiger partial charge is 0.481 e. The lowest BCUT2D eigenvalue weighted by Crippen LogP contribution is -2.65. The summed E-state index contributed by atoms with van der Waals surface area (Å²) in [6.45, 7) is 18.9. The Kier molecular flexibility index (Phi) is 6.67. The van der Waals surface area contributed by atoms with Crippen LogP contribution in [0.3, 0.4) is 0 Å². The van der Waals surface area contributed by atoms with Crippen molar-refractivity contribution in [2.24, 2.45) is 56.7 Å². The first-order chi connectivity index (χ1) is 21.1. The van der Waals surface area contributed by atoms with Gasteiger partial charge in [0.25, 0.3) is 0 Å². The summed E-state index contributed by atoms with van der Waals surface area (Å²) in [5.41, 5.74) is 3.60. The van der Waals surface area contributed by atoms with E-state index in [0.717, 1.165) is 68.9 Å². The Bertz CT molecular complexity index is 1650. The number of rotatable bonds is 4. The Morgan fingerprint density at radius 1 is 0.889 bits per heavy atom. The number of aliphatic carboxylic acids is 1. The number of hydrogen-bond acceptors (Lipinski definition) is 3. The number of fused-ring (bicyclic) bond motifs is 8. The highest BCUT2D eigenvalue weighted by Crippen LogP contribution is 2.77. The number of carbonyl (C=O) groups is 2. The normalized spacial score (nSPS) is 41.6. The van der Waals surface area contributed by atoms with E-state index < -0.39 is 17.4 Å². The molecule has 0 bridgehead atoms. The van der Waals surface area contributed by atoms with Crippen molar-refractivity contribution in [1.29, 1.82) is 0 Å². The fourth-order valence-electron chi connectivity index (χ4n) is 13.2. The molecule has 240 valence electrons. The predicted molar refractivity (Wildman–Crippen MR) is 179 cm³/mol. The van der Waals surface area contributed by atoms with Crippen LogP contribution in [0.1, 0.15) is 115 Å². The Morgan fingerprint density at radius 3 is 2.31 bits per heavy atom. The van der Waals surface area contributed by atoms with Crippen LogP contribution in [0, 0.1) is 56.7 Å². The van der Waals surface area contributed by atoms with E-state index >= 15 is 0 Å². The lowest BCUT2D eigenvalue weighted by atomic mass is 9.32. The summed E-state index contributed by atoms with van der Waals surface area (Å²) in [5.74, 6) is 0.347. The van der Waals surface area contributed by atoms with Crippen molar-refractivity contribution in [2.45, 2.75) is 99.3 Å². The molecule has 0 amide bonds. The third-order valence-corrected chi connectivity index (χ3v) is 15.3. The number of carboxylic acid groups (broad SMARTS) is 2. The van der Waals surface area contributed by atoms with Crippen LogP contribution < -0.4 is 0 Å². The molecule has 45 heavy (non-hydrogen) atoms. The van der Waals surface area contributed by atoms with Gasteiger partial charge in [-0.05, 0) is 128 Å². The highest BCUT2D eigenvalue weighted by molar-refractivity contribution is 6.07. The van der Waals surface area contributed by atoms with E-state index in [1.165, 1.54) is 5.57 Å². The van der Waals surface area contributed by atoms with Gasteiger partial charge < -0.3 is 10.2 Å². The van der Waals surface area contributed by atoms with Gasteiger partial charge in [-0.25, -0.2) is 4.79 Å². The Balaban J connectivity index is 1.29. The van der Waals surface area contributed by atoms with Gasteiger partial charge >= 0.3 is 11.9 Å². The molecular weight excluding hydrogens is 558 g/mol. The molecule has 4 fully saturated rings. The third kappa shape index (κ3) is 3.82. The molecule has 1 heterocycles. The van der Waals surface area contributed by atoms with E-state index in [9.17, 15) is 19.8 Å². The van der Waals surface area contributed by atoms with Crippen molar-refractivity contribution in [3.05, 3.63) is 59.8 Å². The van der Waals surface area contributed by atoms with Crippen LogP contribution in [-0.2, 0) is 4.79 Å². The fraction of sp³-hybridized carbons (Fsp3) is 0.625. The minimum Gasteiger partial charge on any atom is -0.481 e. The molecule has 0 unspecified atom stereocenters. The molecule has 5 nitrogen and oxygen atoms in total. The minimum atomic E-state index is -0.897. The molecule has 5 heteroatoms. The van der Waals surface area contributed by atoms with Crippen LogP contribution in [0.2, 0.25) is 0 Å². The first-order valence-corrected chi connectivity index (χ1v) is 17.3. The number of aromatic nitrogens is 1. The topological polar surface area (TPSA) is 87.5 Å². The highest BCUT2D eigenvalue weighted by Gasteiger charge is 2.71. The summed E-state index contributed by atoms with van der Waals surface area (Å²) in [6, 6.07) is 7.57. The van der Waals surface area contributed by atoms with Crippen LogP contribution in [-0.4, -0.2) is 27.1 Å². The standard InChI is InChI=1S/C40H51NO4/c1-23(2)24-14-19-40(35(44)45)21-20-38(6)28(33(24)40)12-13-31-37(5)17-15-27(36(3,4)30(37)16-18-39(31,38)7)26-22-41-29-11-9-8-10-25(29)32(26)34(42)43/h8-11,15,22,24,28,30-31,33H,1,12-14,16-21H2,2-7H3,(H,42,43)(H,44,45)/t24-,28+,30-,31+,33+,37-,38+,39+,40-/m0/s1. The molecule has 0 saturated heterocycles. The maximum atomic E-state index is 13.0. The second kappa shape index (κ2) is 9.78. The highest BCUT2D eigenvalue weighted by atomic mass is 16.4. The molecule has 2 N–H and O–H groups in total. The number of carboxylic acids is 2. The summed E-state index contributed by atoms with van der Waals surface area (Å²) in [6.07, 6.45) is 13.1. The molecule has 0 spiro atoms. The summed E-state index contributed by atoms with van der Waals surface area (Å²) in [7, 11) is 0. The number of allylic oxidation sites excluding steroid dienone is 3. The Hall–Kier alpha value is -2.95. The maximum Gasteiger partial charge on any atom is 0.337 e. The zero-order chi connectivity index (χ0) is 32.3. The Morgan fingerprint density at radius 2 is 1.62 bits per heavy atom. The number of aromatic carboxylic acids is 1. The molecule has 7 rings (SSSR count). The van der Waals surface area contributed by atoms with Crippen molar-refractivity contribution in [3.63, 3.8) is 0 Å². The second-order valence-corrected chi connectivity index (χ2v) is 17.1. The van der Waals surface area contributed by atoms with Crippen LogP contribution in [0.4, 0.5) is 0 Å². The fourth-order valence-corrected chi connectivity index (χ4v) is 13.2. The van der Waals surface area contributed by atoms with Gasteiger partial charge in [0.05, 0.1) is 16.5 Å². The molecule has 1 aromatic carbocycles. The van der Waals surface area contributed by atoms with Crippen LogP contribution in [0.15, 0.2) is 48.7 Å². The van der Waals surface area contributed by atoms with Crippen molar-refractivity contribution in [2.75, 3.05) is 0 Å². The van der Waals surface area contributed by atoms with Crippen molar-refractivity contribution in [1.82, 2.24) is 4.98 Å². The van der Waals surface area contributed by atoms with Gasteiger partial charge in [-0.1, -0.05) is 71.0 Å². The number of benzene rings is 1. The van der Waals surface area contributed by atoms with E-state index in [0.29, 0.717) is 40.1 Å². The summed E-state index contributed by atoms with van der Waals surface area (Å²) in [4.78, 5) is 30.5. The van der Waals surface area contributed by atoms with Crippen LogP contribution >= 0.6 is 0 Å². The molecule has 9 atom stereocenters. The van der Waals surface area contributed by atoms with E-state index in [1.807, 2.05) is 24.3 Å². The van der Waals surface area contributed by atoms with E-state index in [-0.39, 0.29) is 27.6 Å². The summed E-state index contributed by atoms with van der Waals surface area (Å²) >= 11 is 0. The molecule has 5 aliphatic carbocycles. The zero-order valence-electron chi connectivity index (χ0n) is 28.1. The number of nitrogens with zero attached hydrogens (tertiary/aromatic N) is 1. The first kappa shape index (κ1) is 30.7. The molecule has 0 radical (unpaired) electrons. The molecule has 1 aromatic heterocycles. The molecule has 5 aliphatic rings. The van der Waals surface area contributed by atoms with Gasteiger partial charge in [0.2, 0.25) is 0 Å². The summed E-state index contributed by atoms with van der Waals surface area (Å²) in [5, 5.41) is 21.8. The zero-order valence-corrected chi connectivity index (χ0v) is 28.1. The van der Waals surface area contributed by atoms with Crippen LogP contribution in [0.5, 0.6) is 0 Å². The Labute approximate surface area is 268 Å². The smallest absolute Gasteiger partial charge is 0.337 e.